The fourth-order valence-electron chi connectivity index (χ4n) is 3.84. The van der Waals surface area contributed by atoms with Gasteiger partial charge in [-0.25, -0.2) is 0 Å². The maximum atomic E-state index is 12.7. The first-order valence-corrected chi connectivity index (χ1v) is 10.5. The van der Waals surface area contributed by atoms with Crippen LogP contribution >= 0.6 is 0 Å². The average Bonchev–Trinajstić information content (AvgIpc) is 2.56. The van der Waals surface area contributed by atoms with Gasteiger partial charge >= 0.3 is 0 Å². The van der Waals surface area contributed by atoms with Gasteiger partial charge in [-0.15, -0.1) is 0 Å². The minimum atomic E-state index is -3.37. The summed E-state index contributed by atoms with van der Waals surface area (Å²) in [6, 6.07) is 10.5. The Bertz CT molecular complexity index is 620. The van der Waals surface area contributed by atoms with Crippen LogP contribution in [-0.4, -0.2) is 49.3 Å². The highest BCUT2D eigenvalue weighted by Gasteiger charge is 2.32. The summed E-state index contributed by atoms with van der Waals surface area (Å²) in [7, 11) is -3.37. The second kappa shape index (κ2) is 7.95. The average molecular weight is 352 g/mol. The van der Waals surface area contributed by atoms with E-state index in [0.29, 0.717) is 6.54 Å². The maximum absolute atomic E-state index is 12.7. The Balaban J connectivity index is 1.58. The van der Waals surface area contributed by atoms with Gasteiger partial charge in [-0.1, -0.05) is 36.8 Å². The van der Waals surface area contributed by atoms with Crippen LogP contribution in [0.15, 0.2) is 30.3 Å². The summed E-state index contributed by atoms with van der Waals surface area (Å²) in [5.41, 5.74) is 1.28. The van der Waals surface area contributed by atoms with E-state index in [0.717, 1.165) is 51.7 Å². The third-order valence-corrected chi connectivity index (χ3v) is 6.91. The molecule has 0 aliphatic carbocycles. The van der Waals surface area contributed by atoms with Crippen LogP contribution in [0, 0.1) is 0 Å². The van der Waals surface area contributed by atoms with Gasteiger partial charge in [-0.05, 0) is 44.7 Å². The molecule has 2 aliphatic heterocycles. The van der Waals surface area contributed by atoms with E-state index in [2.05, 4.69) is 33.9 Å². The van der Waals surface area contributed by atoms with Crippen molar-refractivity contribution in [2.75, 3.05) is 19.6 Å². The van der Waals surface area contributed by atoms with Gasteiger partial charge in [0, 0.05) is 31.7 Å². The quantitative estimate of drug-likeness (QED) is 0.886. The van der Waals surface area contributed by atoms with Crippen LogP contribution in [0.4, 0.5) is 0 Å². The molecule has 2 atom stereocenters. The standard InChI is InChI=1S/C18H29N3O2S/c1-16-8-5-6-13-21(16)24(22,23)19-18-11-7-12-20(15-18)14-17-9-3-2-4-10-17/h2-4,9-10,16,18-19H,5-8,11-15H2,1H3. The molecule has 0 aromatic heterocycles. The minimum absolute atomic E-state index is 0.0154. The summed E-state index contributed by atoms with van der Waals surface area (Å²) in [5, 5.41) is 0. The normalized spacial score (nSPS) is 27.2. The fraction of sp³-hybridized carbons (Fsp3) is 0.667. The second-order valence-corrected chi connectivity index (χ2v) is 8.79. The van der Waals surface area contributed by atoms with Crippen LogP contribution in [-0.2, 0) is 16.8 Å². The highest BCUT2D eigenvalue weighted by Crippen LogP contribution is 2.21. The molecule has 1 aromatic carbocycles. The number of benzene rings is 1. The third-order valence-electron chi connectivity index (χ3n) is 5.12. The van der Waals surface area contributed by atoms with Crippen LogP contribution in [0.5, 0.6) is 0 Å². The number of hydrogen-bond donors (Lipinski definition) is 1. The largest absolute Gasteiger partial charge is 0.298 e. The lowest BCUT2D eigenvalue weighted by Crippen LogP contribution is -2.54. The van der Waals surface area contributed by atoms with Crippen molar-refractivity contribution in [3.05, 3.63) is 35.9 Å². The van der Waals surface area contributed by atoms with Crippen molar-refractivity contribution < 1.29 is 8.42 Å². The lowest BCUT2D eigenvalue weighted by Gasteiger charge is -2.37. The molecule has 0 saturated carbocycles. The number of rotatable bonds is 5. The van der Waals surface area contributed by atoms with E-state index in [1.54, 1.807) is 4.31 Å². The molecule has 5 nitrogen and oxygen atoms in total. The van der Waals surface area contributed by atoms with E-state index < -0.39 is 10.2 Å². The van der Waals surface area contributed by atoms with E-state index in [9.17, 15) is 8.42 Å². The van der Waals surface area contributed by atoms with Gasteiger partial charge in [0.1, 0.15) is 0 Å². The van der Waals surface area contributed by atoms with E-state index in [1.807, 2.05) is 13.0 Å². The highest BCUT2D eigenvalue weighted by atomic mass is 32.2. The van der Waals surface area contributed by atoms with E-state index in [-0.39, 0.29) is 12.1 Å². The van der Waals surface area contributed by atoms with Crippen LogP contribution in [0.25, 0.3) is 0 Å². The maximum Gasteiger partial charge on any atom is 0.279 e. The molecular weight excluding hydrogens is 322 g/mol. The highest BCUT2D eigenvalue weighted by molar-refractivity contribution is 7.87. The van der Waals surface area contributed by atoms with Crippen molar-refractivity contribution in [1.82, 2.24) is 13.9 Å². The molecule has 1 aromatic rings. The molecular formula is C18H29N3O2S. The predicted molar refractivity (Wildman–Crippen MR) is 96.8 cm³/mol. The molecule has 0 radical (unpaired) electrons. The first-order valence-electron chi connectivity index (χ1n) is 9.10. The molecule has 2 unspecified atom stereocenters. The predicted octanol–water partition coefficient (Wildman–Crippen LogP) is 2.36. The summed E-state index contributed by atoms with van der Waals surface area (Å²) in [6.45, 7) is 5.38. The number of piperidine rings is 2. The molecule has 0 spiro atoms. The van der Waals surface area contributed by atoms with Crippen LogP contribution in [0.3, 0.4) is 0 Å². The molecule has 3 rings (SSSR count). The summed E-state index contributed by atoms with van der Waals surface area (Å²) in [5.74, 6) is 0. The van der Waals surface area contributed by atoms with Gasteiger partial charge in [0.25, 0.3) is 10.2 Å². The van der Waals surface area contributed by atoms with Gasteiger partial charge < -0.3 is 0 Å². The van der Waals surface area contributed by atoms with Gasteiger partial charge in [0.15, 0.2) is 0 Å². The molecule has 1 N–H and O–H groups in total. The summed E-state index contributed by atoms with van der Waals surface area (Å²) >= 11 is 0. The molecule has 134 valence electrons. The molecule has 0 amide bonds. The van der Waals surface area contributed by atoms with Crippen molar-refractivity contribution >= 4 is 10.2 Å². The Morgan fingerprint density at radius 2 is 1.88 bits per heavy atom. The number of nitrogens with zero attached hydrogens (tertiary/aromatic N) is 2. The Hall–Kier alpha value is -0.950. The van der Waals surface area contributed by atoms with Crippen molar-refractivity contribution in [3.8, 4) is 0 Å². The van der Waals surface area contributed by atoms with Crippen molar-refractivity contribution in [1.29, 1.82) is 0 Å². The summed E-state index contributed by atoms with van der Waals surface area (Å²) in [6.07, 6.45) is 5.02. The van der Waals surface area contributed by atoms with Gasteiger partial charge in [-0.2, -0.15) is 17.4 Å². The van der Waals surface area contributed by atoms with Crippen LogP contribution < -0.4 is 4.72 Å². The van der Waals surface area contributed by atoms with Crippen LogP contribution in [0.1, 0.15) is 44.6 Å². The SMILES string of the molecule is CC1CCCCN1S(=O)(=O)NC1CCCN(Cc2ccccc2)C1. The second-order valence-electron chi connectivity index (χ2n) is 7.14. The van der Waals surface area contributed by atoms with Gasteiger partial charge in [0.05, 0.1) is 0 Å². The lowest BCUT2D eigenvalue weighted by molar-refractivity contribution is 0.190. The van der Waals surface area contributed by atoms with E-state index in [1.165, 1.54) is 5.56 Å². The fourth-order valence-corrected chi connectivity index (χ4v) is 5.54. The topological polar surface area (TPSA) is 52.7 Å². The van der Waals surface area contributed by atoms with Crippen molar-refractivity contribution in [3.63, 3.8) is 0 Å². The zero-order valence-corrected chi connectivity index (χ0v) is 15.3. The minimum Gasteiger partial charge on any atom is -0.298 e. The first-order chi connectivity index (χ1) is 11.5. The van der Waals surface area contributed by atoms with Crippen molar-refractivity contribution in [2.24, 2.45) is 0 Å². The molecule has 2 fully saturated rings. The number of hydrogen-bond acceptors (Lipinski definition) is 3. The Morgan fingerprint density at radius 1 is 1.08 bits per heavy atom. The molecule has 24 heavy (non-hydrogen) atoms. The zero-order chi connectivity index (χ0) is 17.0. The molecule has 2 aliphatic rings. The first kappa shape index (κ1) is 17.9. The molecule has 2 saturated heterocycles. The lowest BCUT2D eigenvalue weighted by atomic mass is 10.1. The monoisotopic (exact) mass is 351 g/mol. The van der Waals surface area contributed by atoms with E-state index in [4.69, 9.17) is 0 Å². The zero-order valence-electron chi connectivity index (χ0n) is 14.5. The molecule has 0 bridgehead atoms. The van der Waals surface area contributed by atoms with Crippen molar-refractivity contribution in [2.45, 2.75) is 57.7 Å². The summed E-state index contributed by atoms with van der Waals surface area (Å²) in [4.78, 5) is 2.35. The number of nitrogens with one attached hydrogen (secondary N) is 1. The third kappa shape index (κ3) is 4.57. The Morgan fingerprint density at radius 3 is 2.62 bits per heavy atom. The van der Waals surface area contributed by atoms with Gasteiger partial charge in [0.2, 0.25) is 0 Å². The van der Waals surface area contributed by atoms with Crippen LogP contribution in [0.2, 0.25) is 0 Å². The van der Waals surface area contributed by atoms with E-state index >= 15 is 0 Å². The number of likely N-dealkylation sites (tertiary alicyclic amines) is 1. The molecule has 6 heteroatoms. The smallest absolute Gasteiger partial charge is 0.279 e. The Kier molecular flexibility index (Phi) is 5.92. The van der Waals surface area contributed by atoms with Gasteiger partial charge in [-0.3, -0.25) is 4.90 Å². The summed E-state index contributed by atoms with van der Waals surface area (Å²) < 4.78 is 30.1. The molecule has 2 heterocycles. The Labute approximate surface area is 146 Å².